The van der Waals surface area contributed by atoms with E-state index in [2.05, 4.69) is 4.98 Å². The summed E-state index contributed by atoms with van der Waals surface area (Å²) in [6.45, 7) is 2.32. The summed E-state index contributed by atoms with van der Waals surface area (Å²) in [7, 11) is 0. The van der Waals surface area contributed by atoms with Crippen LogP contribution in [0, 0.1) is 5.82 Å². The molecule has 0 amide bonds. The molecule has 0 radical (unpaired) electrons. The molecular weight excluding hydrogens is 147 g/mol. The average Bonchev–Trinajstić information content (AvgIpc) is 1.98. The summed E-state index contributed by atoms with van der Waals surface area (Å²) in [5.41, 5.74) is 5.18. The van der Waals surface area contributed by atoms with Crippen LogP contribution in [0.15, 0.2) is 12.1 Å². The number of nitrogens with zero attached hydrogens (tertiary/aromatic N) is 1. The van der Waals surface area contributed by atoms with Crippen LogP contribution in [0.2, 0.25) is 0 Å². The number of rotatable bonds is 2. The van der Waals surface area contributed by atoms with E-state index >= 15 is 0 Å². The minimum Gasteiger partial charge on any atom is -0.478 e. The van der Waals surface area contributed by atoms with Crippen molar-refractivity contribution < 1.29 is 9.13 Å². The van der Waals surface area contributed by atoms with Gasteiger partial charge in [0.2, 0.25) is 5.88 Å². The molecule has 0 saturated heterocycles. The van der Waals surface area contributed by atoms with Gasteiger partial charge in [0, 0.05) is 6.07 Å². The van der Waals surface area contributed by atoms with Crippen LogP contribution >= 0.6 is 0 Å². The SMILES string of the molecule is CCOc1ccc(F)c(N)n1. The molecule has 0 aliphatic rings. The first-order valence-electron chi connectivity index (χ1n) is 3.29. The zero-order chi connectivity index (χ0) is 8.27. The highest BCUT2D eigenvalue weighted by Gasteiger charge is 2.00. The third kappa shape index (κ3) is 1.80. The van der Waals surface area contributed by atoms with E-state index in [0.717, 1.165) is 0 Å². The number of nitrogens with two attached hydrogens (primary N) is 1. The lowest BCUT2D eigenvalue weighted by atomic mass is 10.4. The summed E-state index contributed by atoms with van der Waals surface area (Å²) in [5, 5.41) is 0. The smallest absolute Gasteiger partial charge is 0.215 e. The van der Waals surface area contributed by atoms with E-state index in [1.165, 1.54) is 12.1 Å². The molecule has 0 aliphatic carbocycles. The van der Waals surface area contributed by atoms with Gasteiger partial charge in [-0.05, 0) is 13.0 Å². The van der Waals surface area contributed by atoms with Crippen LogP contribution in [0.1, 0.15) is 6.92 Å². The minimum absolute atomic E-state index is 0.129. The highest BCUT2D eigenvalue weighted by atomic mass is 19.1. The van der Waals surface area contributed by atoms with Crippen molar-refractivity contribution in [3.63, 3.8) is 0 Å². The number of anilines is 1. The molecule has 2 N–H and O–H groups in total. The predicted octanol–water partition coefficient (Wildman–Crippen LogP) is 1.20. The maximum Gasteiger partial charge on any atom is 0.215 e. The quantitative estimate of drug-likeness (QED) is 0.699. The average molecular weight is 156 g/mol. The molecule has 11 heavy (non-hydrogen) atoms. The number of pyridine rings is 1. The molecular formula is C7H9FN2O. The molecule has 0 fully saturated rings. The zero-order valence-electron chi connectivity index (χ0n) is 6.17. The first-order valence-corrected chi connectivity index (χ1v) is 3.29. The Balaban J connectivity index is 2.86. The summed E-state index contributed by atoms with van der Waals surface area (Å²) in [5.74, 6) is -0.296. The van der Waals surface area contributed by atoms with Gasteiger partial charge in [0.25, 0.3) is 0 Å². The molecule has 1 heterocycles. The zero-order valence-corrected chi connectivity index (χ0v) is 6.17. The fraction of sp³-hybridized carbons (Fsp3) is 0.286. The van der Waals surface area contributed by atoms with Gasteiger partial charge in [0.15, 0.2) is 11.6 Å². The molecule has 3 nitrogen and oxygen atoms in total. The van der Waals surface area contributed by atoms with E-state index in [-0.39, 0.29) is 5.82 Å². The van der Waals surface area contributed by atoms with Crippen molar-refractivity contribution in [2.24, 2.45) is 0 Å². The van der Waals surface area contributed by atoms with Crippen molar-refractivity contribution in [2.45, 2.75) is 6.92 Å². The topological polar surface area (TPSA) is 48.1 Å². The third-order valence-corrected chi connectivity index (χ3v) is 1.14. The number of nitrogen functional groups attached to an aromatic ring is 1. The maximum absolute atomic E-state index is 12.5. The Bertz CT molecular complexity index is 252. The molecule has 0 spiro atoms. The number of hydrogen-bond acceptors (Lipinski definition) is 3. The Morgan fingerprint density at radius 3 is 2.91 bits per heavy atom. The summed E-state index contributed by atoms with van der Waals surface area (Å²) in [6.07, 6.45) is 0. The maximum atomic E-state index is 12.5. The molecule has 1 rings (SSSR count). The van der Waals surface area contributed by atoms with Crippen LogP contribution in [-0.4, -0.2) is 11.6 Å². The van der Waals surface area contributed by atoms with Crippen LogP contribution in [0.3, 0.4) is 0 Å². The minimum atomic E-state index is -0.520. The Kier molecular flexibility index (Phi) is 2.25. The largest absolute Gasteiger partial charge is 0.478 e. The van der Waals surface area contributed by atoms with Crippen LogP contribution in [-0.2, 0) is 0 Å². The molecule has 0 atom stereocenters. The van der Waals surface area contributed by atoms with Gasteiger partial charge in [0.1, 0.15) is 0 Å². The second-order valence-corrected chi connectivity index (χ2v) is 1.95. The highest BCUT2D eigenvalue weighted by Crippen LogP contribution is 2.12. The van der Waals surface area contributed by atoms with Gasteiger partial charge in [-0.25, -0.2) is 4.39 Å². The molecule has 1 aromatic rings. The van der Waals surface area contributed by atoms with Crippen molar-refractivity contribution in [1.29, 1.82) is 0 Å². The second-order valence-electron chi connectivity index (χ2n) is 1.95. The third-order valence-electron chi connectivity index (χ3n) is 1.14. The van der Waals surface area contributed by atoms with Gasteiger partial charge in [-0.3, -0.25) is 0 Å². The number of halogens is 1. The monoisotopic (exact) mass is 156 g/mol. The molecule has 0 saturated carbocycles. The van der Waals surface area contributed by atoms with Crippen LogP contribution < -0.4 is 10.5 Å². The van der Waals surface area contributed by atoms with Crippen molar-refractivity contribution in [1.82, 2.24) is 4.98 Å². The lowest BCUT2D eigenvalue weighted by Gasteiger charge is -2.01. The van der Waals surface area contributed by atoms with Crippen molar-refractivity contribution in [3.05, 3.63) is 17.9 Å². The van der Waals surface area contributed by atoms with Gasteiger partial charge in [0.05, 0.1) is 6.61 Å². The first-order chi connectivity index (χ1) is 5.24. The molecule has 0 aromatic carbocycles. The predicted molar refractivity (Wildman–Crippen MR) is 39.8 cm³/mol. The number of hydrogen-bond donors (Lipinski definition) is 1. The van der Waals surface area contributed by atoms with Gasteiger partial charge in [-0.1, -0.05) is 0 Å². The molecule has 1 aromatic heterocycles. The Morgan fingerprint density at radius 1 is 1.64 bits per heavy atom. The Morgan fingerprint density at radius 2 is 2.36 bits per heavy atom. The van der Waals surface area contributed by atoms with Crippen molar-refractivity contribution in [2.75, 3.05) is 12.3 Å². The van der Waals surface area contributed by atoms with Crippen LogP contribution in [0.4, 0.5) is 10.2 Å². The van der Waals surface area contributed by atoms with Crippen molar-refractivity contribution in [3.8, 4) is 5.88 Å². The van der Waals surface area contributed by atoms with E-state index < -0.39 is 5.82 Å². The number of ether oxygens (including phenoxy) is 1. The molecule has 60 valence electrons. The highest BCUT2D eigenvalue weighted by molar-refractivity contribution is 5.33. The fourth-order valence-electron chi connectivity index (χ4n) is 0.667. The second kappa shape index (κ2) is 3.18. The lowest BCUT2D eigenvalue weighted by molar-refractivity contribution is 0.326. The van der Waals surface area contributed by atoms with E-state index in [4.69, 9.17) is 10.5 Å². The van der Waals surface area contributed by atoms with Gasteiger partial charge < -0.3 is 10.5 Å². The van der Waals surface area contributed by atoms with Crippen molar-refractivity contribution >= 4 is 5.82 Å². The van der Waals surface area contributed by atoms with E-state index in [1.807, 2.05) is 6.92 Å². The molecule has 0 bridgehead atoms. The van der Waals surface area contributed by atoms with Crippen LogP contribution in [0.25, 0.3) is 0 Å². The molecule has 4 heteroatoms. The Hall–Kier alpha value is -1.32. The normalized spacial score (nSPS) is 9.64. The summed E-state index contributed by atoms with van der Waals surface area (Å²) < 4.78 is 17.5. The standard InChI is InChI=1S/C7H9FN2O/c1-2-11-6-4-3-5(8)7(9)10-6/h3-4H,2H2,1H3,(H2,9,10). The summed E-state index contributed by atoms with van der Waals surface area (Å²) >= 11 is 0. The van der Waals surface area contributed by atoms with E-state index in [1.54, 1.807) is 0 Å². The Labute approximate surface area is 64.0 Å². The summed E-state index contributed by atoms with van der Waals surface area (Å²) in [6, 6.07) is 2.67. The van der Waals surface area contributed by atoms with E-state index in [9.17, 15) is 4.39 Å². The van der Waals surface area contributed by atoms with E-state index in [0.29, 0.717) is 12.5 Å². The van der Waals surface area contributed by atoms with Gasteiger partial charge in [-0.15, -0.1) is 0 Å². The van der Waals surface area contributed by atoms with Gasteiger partial charge in [-0.2, -0.15) is 4.98 Å². The summed E-state index contributed by atoms with van der Waals surface area (Å²) in [4.78, 5) is 3.64. The number of aromatic nitrogens is 1. The molecule has 0 unspecified atom stereocenters. The first kappa shape index (κ1) is 7.78. The van der Waals surface area contributed by atoms with Crippen LogP contribution in [0.5, 0.6) is 5.88 Å². The molecule has 0 aliphatic heterocycles. The fourth-order valence-corrected chi connectivity index (χ4v) is 0.667. The lowest BCUT2D eigenvalue weighted by Crippen LogP contribution is -1.99. The van der Waals surface area contributed by atoms with Gasteiger partial charge >= 0.3 is 0 Å².